The summed E-state index contributed by atoms with van der Waals surface area (Å²) in [5.74, 6) is 0.963. The number of H-pyrrole nitrogens is 1. The maximum atomic E-state index is 5.22. The van der Waals surface area contributed by atoms with E-state index in [4.69, 9.17) is 17.0 Å². The lowest BCUT2D eigenvalue weighted by Crippen LogP contribution is -2.33. The molecule has 1 aromatic heterocycles. The lowest BCUT2D eigenvalue weighted by Gasteiger charge is -2.35. The minimum Gasteiger partial charge on any atom is -0.381 e. The fourth-order valence-corrected chi connectivity index (χ4v) is 2.08. The molecule has 1 aliphatic rings. The molecule has 0 amide bonds. The van der Waals surface area contributed by atoms with Crippen LogP contribution in [0.3, 0.4) is 0 Å². The van der Waals surface area contributed by atoms with E-state index in [0.29, 0.717) is 12.1 Å². The number of aromatic nitrogens is 3. The van der Waals surface area contributed by atoms with E-state index in [1.807, 2.05) is 6.92 Å². The van der Waals surface area contributed by atoms with Crippen LogP contribution in [0.5, 0.6) is 0 Å². The van der Waals surface area contributed by atoms with E-state index >= 15 is 0 Å². The first kappa shape index (κ1) is 8.90. The van der Waals surface area contributed by atoms with Crippen LogP contribution in [-0.4, -0.2) is 28.0 Å². The summed E-state index contributed by atoms with van der Waals surface area (Å²) in [6.07, 6.45) is 2.50. The van der Waals surface area contributed by atoms with Crippen molar-refractivity contribution < 1.29 is 4.74 Å². The molecule has 0 unspecified atom stereocenters. The van der Waals surface area contributed by atoms with Crippen molar-refractivity contribution in [2.45, 2.75) is 31.9 Å². The topological polar surface area (TPSA) is 42.8 Å². The number of rotatable bonds is 2. The van der Waals surface area contributed by atoms with Crippen molar-refractivity contribution in [2.24, 2.45) is 0 Å². The van der Waals surface area contributed by atoms with Crippen LogP contribution in [0.4, 0.5) is 0 Å². The molecule has 0 saturated heterocycles. The number of hydrogen-bond donors (Lipinski definition) is 1. The average Bonchev–Trinajstić information content (AvgIpc) is 2.33. The van der Waals surface area contributed by atoms with Gasteiger partial charge in [0.1, 0.15) is 5.82 Å². The zero-order valence-corrected chi connectivity index (χ0v) is 8.60. The monoisotopic (exact) mass is 199 g/mol. The van der Waals surface area contributed by atoms with Crippen LogP contribution >= 0.6 is 12.2 Å². The highest BCUT2D eigenvalue weighted by atomic mass is 32.1. The van der Waals surface area contributed by atoms with Gasteiger partial charge in [-0.1, -0.05) is 0 Å². The van der Waals surface area contributed by atoms with Crippen LogP contribution in [0.15, 0.2) is 0 Å². The summed E-state index contributed by atoms with van der Waals surface area (Å²) in [6, 6.07) is 0.483. The van der Waals surface area contributed by atoms with Crippen molar-refractivity contribution in [1.29, 1.82) is 0 Å². The SMILES string of the molecule is COC1CC(n2c(C)n[nH]c2=S)C1. The average molecular weight is 199 g/mol. The summed E-state index contributed by atoms with van der Waals surface area (Å²) in [5, 5.41) is 6.87. The molecular formula is C8H13N3OS. The van der Waals surface area contributed by atoms with Crippen molar-refractivity contribution in [3.63, 3.8) is 0 Å². The van der Waals surface area contributed by atoms with Crippen molar-refractivity contribution in [3.8, 4) is 0 Å². The van der Waals surface area contributed by atoms with Gasteiger partial charge < -0.3 is 9.30 Å². The minimum atomic E-state index is 0.404. The highest BCUT2D eigenvalue weighted by Crippen LogP contribution is 2.34. The second-order valence-electron chi connectivity index (χ2n) is 3.43. The molecule has 1 heterocycles. The Kier molecular flexibility index (Phi) is 2.21. The van der Waals surface area contributed by atoms with Crippen LogP contribution in [-0.2, 0) is 4.74 Å². The van der Waals surface area contributed by atoms with Crippen molar-refractivity contribution in [3.05, 3.63) is 10.6 Å². The third-order valence-electron chi connectivity index (χ3n) is 2.65. The standard InChI is InChI=1S/C8H13N3OS/c1-5-9-10-8(13)11(5)6-3-7(4-6)12-2/h6-7H,3-4H2,1-2H3,(H,10,13). The van der Waals surface area contributed by atoms with Gasteiger partial charge in [-0.05, 0) is 32.0 Å². The van der Waals surface area contributed by atoms with Crippen LogP contribution in [0.1, 0.15) is 24.7 Å². The molecule has 1 aliphatic carbocycles. The molecular weight excluding hydrogens is 186 g/mol. The predicted octanol–water partition coefficient (Wildman–Crippen LogP) is 1.60. The summed E-state index contributed by atoms with van der Waals surface area (Å²) in [4.78, 5) is 0. The number of nitrogens with zero attached hydrogens (tertiary/aromatic N) is 2. The van der Waals surface area contributed by atoms with Gasteiger partial charge >= 0.3 is 0 Å². The Morgan fingerprint density at radius 2 is 2.31 bits per heavy atom. The van der Waals surface area contributed by atoms with Gasteiger partial charge in [0.05, 0.1) is 6.10 Å². The highest BCUT2D eigenvalue weighted by Gasteiger charge is 2.31. The number of ether oxygens (including phenoxy) is 1. The fraction of sp³-hybridized carbons (Fsp3) is 0.750. The molecule has 13 heavy (non-hydrogen) atoms. The van der Waals surface area contributed by atoms with Gasteiger partial charge in [-0.15, -0.1) is 0 Å². The van der Waals surface area contributed by atoms with Crippen molar-refractivity contribution in [1.82, 2.24) is 14.8 Å². The molecule has 1 N–H and O–H groups in total. The number of nitrogens with one attached hydrogen (secondary N) is 1. The Labute approximate surface area is 81.9 Å². The molecule has 0 spiro atoms. The molecule has 5 heteroatoms. The molecule has 1 fully saturated rings. The largest absolute Gasteiger partial charge is 0.381 e. The number of aromatic amines is 1. The van der Waals surface area contributed by atoms with Crippen LogP contribution in [0.25, 0.3) is 0 Å². The maximum Gasteiger partial charge on any atom is 0.195 e. The molecule has 1 saturated carbocycles. The Hall–Kier alpha value is -0.680. The molecule has 4 nitrogen and oxygen atoms in total. The summed E-state index contributed by atoms with van der Waals surface area (Å²) < 4.78 is 8.01. The van der Waals surface area contributed by atoms with E-state index in [1.54, 1.807) is 7.11 Å². The highest BCUT2D eigenvalue weighted by molar-refractivity contribution is 7.71. The van der Waals surface area contributed by atoms with Crippen LogP contribution in [0.2, 0.25) is 0 Å². The Morgan fingerprint density at radius 1 is 1.62 bits per heavy atom. The third-order valence-corrected chi connectivity index (χ3v) is 2.94. The molecule has 0 aliphatic heterocycles. The summed E-state index contributed by atoms with van der Waals surface area (Å²) in [7, 11) is 1.75. The van der Waals surface area contributed by atoms with E-state index < -0.39 is 0 Å². The van der Waals surface area contributed by atoms with Crippen molar-refractivity contribution in [2.75, 3.05) is 7.11 Å². The zero-order chi connectivity index (χ0) is 9.42. The van der Waals surface area contributed by atoms with E-state index in [1.165, 1.54) is 0 Å². The van der Waals surface area contributed by atoms with E-state index in [0.717, 1.165) is 23.4 Å². The van der Waals surface area contributed by atoms with E-state index in [2.05, 4.69) is 14.8 Å². The Bertz CT molecular complexity index is 351. The first-order chi connectivity index (χ1) is 6.22. The number of aryl methyl sites for hydroxylation is 1. The molecule has 0 aromatic carbocycles. The quantitative estimate of drug-likeness (QED) is 0.736. The summed E-state index contributed by atoms with van der Waals surface area (Å²) in [6.45, 7) is 1.96. The number of hydrogen-bond acceptors (Lipinski definition) is 3. The zero-order valence-electron chi connectivity index (χ0n) is 7.78. The molecule has 2 rings (SSSR count). The molecule has 0 radical (unpaired) electrons. The van der Waals surface area contributed by atoms with E-state index in [9.17, 15) is 0 Å². The second-order valence-corrected chi connectivity index (χ2v) is 3.82. The first-order valence-corrected chi connectivity index (χ1v) is 4.79. The molecule has 0 atom stereocenters. The molecule has 0 bridgehead atoms. The normalized spacial score (nSPS) is 27.2. The van der Waals surface area contributed by atoms with E-state index in [-0.39, 0.29) is 0 Å². The Balaban J connectivity index is 2.15. The van der Waals surface area contributed by atoms with Gasteiger partial charge in [-0.3, -0.25) is 5.10 Å². The Morgan fingerprint density at radius 3 is 2.77 bits per heavy atom. The molecule has 1 aromatic rings. The fourth-order valence-electron chi connectivity index (χ4n) is 1.75. The van der Waals surface area contributed by atoms with Crippen molar-refractivity contribution >= 4 is 12.2 Å². The van der Waals surface area contributed by atoms with Gasteiger partial charge in [0.25, 0.3) is 0 Å². The maximum absolute atomic E-state index is 5.22. The summed E-state index contributed by atoms with van der Waals surface area (Å²) >= 11 is 5.13. The number of methoxy groups -OCH3 is 1. The van der Waals surface area contributed by atoms with Gasteiger partial charge in [0.15, 0.2) is 4.77 Å². The second kappa shape index (κ2) is 3.23. The smallest absolute Gasteiger partial charge is 0.195 e. The minimum absolute atomic E-state index is 0.404. The molecule has 72 valence electrons. The predicted molar refractivity (Wildman–Crippen MR) is 51.2 cm³/mol. The first-order valence-electron chi connectivity index (χ1n) is 4.38. The third kappa shape index (κ3) is 1.42. The lowest BCUT2D eigenvalue weighted by molar-refractivity contribution is 0.00514. The van der Waals surface area contributed by atoms with Gasteiger partial charge in [0.2, 0.25) is 0 Å². The van der Waals surface area contributed by atoms with Crippen LogP contribution < -0.4 is 0 Å². The van der Waals surface area contributed by atoms with Gasteiger partial charge in [0, 0.05) is 13.2 Å². The van der Waals surface area contributed by atoms with Gasteiger partial charge in [-0.2, -0.15) is 5.10 Å². The lowest BCUT2D eigenvalue weighted by atomic mass is 9.89. The summed E-state index contributed by atoms with van der Waals surface area (Å²) in [5.41, 5.74) is 0. The van der Waals surface area contributed by atoms with Gasteiger partial charge in [-0.25, -0.2) is 0 Å². The van der Waals surface area contributed by atoms with Crippen LogP contribution in [0, 0.1) is 11.7 Å².